The first-order valence-corrected chi connectivity index (χ1v) is 8.64. The second-order valence-corrected chi connectivity index (χ2v) is 5.98. The number of rotatable bonds is 5. The van der Waals surface area contributed by atoms with Gasteiger partial charge in [0.05, 0.1) is 7.11 Å². The lowest BCUT2D eigenvalue weighted by Gasteiger charge is -2.09. The molecular weight excluding hydrogens is 360 g/mol. The molecule has 136 valence electrons. The minimum atomic E-state index is -0.354. The summed E-state index contributed by atoms with van der Waals surface area (Å²) in [5.41, 5.74) is 1.70. The molecule has 27 heavy (non-hydrogen) atoms. The Balaban J connectivity index is 1.55. The Morgan fingerprint density at radius 3 is 2.67 bits per heavy atom. The summed E-state index contributed by atoms with van der Waals surface area (Å²) in [6.45, 7) is 0. The van der Waals surface area contributed by atoms with Crippen LogP contribution < -0.4 is 15.4 Å². The molecule has 1 aromatic heterocycles. The Morgan fingerprint density at radius 1 is 1.07 bits per heavy atom. The van der Waals surface area contributed by atoms with Gasteiger partial charge in [-0.15, -0.1) is 0 Å². The second-order valence-electron chi connectivity index (χ2n) is 5.58. The standard InChI is InChI=1S/C21H18N2O3S/c1-25-18-9-5-8-16(14-18)22-21(27)23-20(24)13-11-17-10-12-19(26-17)15-6-3-2-4-7-15/h2-14H,1H3,(H2,22,23,24,27)/b13-11+. The maximum Gasteiger partial charge on any atom is 0.250 e. The van der Waals surface area contributed by atoms with E-state index in [-0.39, 0.29) is 11.0 Å². The Labute approximate surface area is 162 Å². The van der Waals surface area contributed by atoms with Crippen LogP contribution in [0.5, 0.6) is 5.75 Å². The highest BCUT2D eigenvalue weighted by Gasteiger charge is 2.05. The van der Waals surface area contributed by atoms with Crippen molar-refractivity contribution < 1.29 is 13.9 Å². The van der Waals surface area contributed by atoms with Crippen LogP contribution in [0.25, 0.3) is 17.4 Å². The van der Waals surface area contributed by atoms with Gasteiger partial charge in [-0.1, -0.05) is 36.4 Å². The van der Waals surface area contributed by atoms with Crippen LogP contribution in [0.3, 0.4) is 0 Å². The van der Waals surface area contributed by atoms with Crippen molar-refractivity contribution in [3.63, 3.8) is 0 Å². The van der Waals surface area contributed by atoms with Gasteiger partial charge in [-0.05, 0) is 42.6 Å². The lowest BCUT2D eigenvalue weighted by Crippen LogP contribution is -2.32. The summed E-state index contributed by atoms with van der Waals surface area (Å²) in [6, 6.07) is 20.7. The molecule has 1 heterocycles. The zero-order valence-corrected chi connectivity index (χ0v) is 15.5. The summed E-state index contributed by atoms with van der Waals surface area (Å²) >= 11 is 5.15. The summed E-state index contributed by atoms with van der Waals surface area (Å²) in [4.78, 5) is 12.0. The van der Waals surface area contributed by atoms with Crippen molar-refractivity contribution in [2.45, 2.75) is 0 Å². The van der Waals surface area contributed by atoms with Crippen molar-refractivity contribution in [2.24, 2.45) is 0 Å². The molecule has 5 nitrogen and oxygen atoms in total. The molecule has 2 N–H and O–H groups in total. The molecule has 6 heteroatoms. The van der Waals surface area contributed by atoms with Crippen LogP contribution in [0.2, 0.25) is 0 Å². The number of ether oxygens (including phenoxy) is 1. The molecule has 0 aliphatic carbocycles. The van der Waals surface area contributed by atoms with Crippen molar-refractivity contribution in [3.8, 4) is 17.1 Å². The SMILES string of the molecule is COc1cccc(NC(=S)NC(=O)/C=C/c2ccc(-c3ccccc3)o2)c1. The predicted octanol–water partition coefficient (Wildman–Crippen LogP) is 4.48. The van der Waals surface area contributed by atoms with Gasteiger partial charge >= 0.3 is 0 Å². The summed E-state index contributed by atoms with van der Waals surface area (Å²) in [5, 5.41) is 5.72. The molecular formula is C21H18N2O3S. The van der Waals surface area contributed by atoms with Gasteiger partial charge in [0.1, 0.15) is 17.3 Å². The topological polar surface area (TPSA) is 63.5 Å². The van der Waals surface area contributed by atoms with E-state index in [1.165, 1.54) is 6.08 Å². The molecule has 0 atom stereocenters. The minimum Gasteiger partial charge on any atom is -0.497 e. The molecule has 2 aromatic carbocycles. The maximum atomic E-state index is 12.0. The number of amides is 1. The molecule has 0 radical (unpaired) electrons. The van der Waals surface area contributed by atoms with Crippen molar-refractivity contribution in [1.82, 2.24) is 5.32 Å². The Hall–Kier alpha value is -3.38. The molecule has 0 aliphatic heterocycles. The fourth-order valence-corrected chi connectivity index (χ4v) is 2.59. The van der Waals surface area contributed by atoms with E-state index in [2.05, 4.69) is 10.6 Å². The zero-order chi connectivity index (χ0) is 19.1. The number of methoxy groups -OCH3 is 1. The molecule has 0 spiro atoms. The average molecular weight is 378 g/mol. The van der Waals surface area contributed by atoms with Gasteiger partial charge in [0.15, 0.2) is 5.11 Å². The van der Waals surface area contributed by atoms with Gasteiger partial charge in [-0.3, -0.25) is 10.1 Å². The second kappa shape index (κ2) is 8.82. The van der Waals surface area contributed by atoms with E-state index in [4.69, 9.17) is 21.4 Å². The van der Waals surface area contributed by atoms with E-state index in [1.807, 2.05) is 54.6 Å². The van der Waals surface area contributed by atoms with Crippen LogP contribution >= 0.6 is 12.2 Å². The van der Waals surface area contributed by atoms with E-state index in [9.17, 15) is 4.79 Å². The molecule has 3 aromatic rings. The summed E-state index contributed by atoms with van der Waals surface area (Å²) < 4.78 is 10.9. The first-order chi connectivity index (χ1) is 13.1. The monoisotopic (exact) mass is 378 g/mol. The quantitative estimate of drug-likeness (QED) is 0.506. The zero-order valence-electron chi connectivity index (χ0n) is 14.6. The van der Waals surface area contributed by atoms with E-state index >= 15 is 0 Å². The van der Waals surface area contributed by atoms with Crippen LogP contribution in [-0.4, -0.2) is 18.1 Å². The normalized spacial score (nSPS) is 10.6. The van der Waals surface area contributed by atoms with Gasteiger partial charge in [0.25, 0.3) is 0 Å². The number of anilines is 1. The predicted molar refractivity (Wildman–Crippen MR) is 111 cm³/mol. The van der Waals surface area contributed by atoms with Crippen molar-refractivity contribution >= 4 is 35.0 Å². The average Bonchev–Trinajstić information content (AvgIpc) is 3.16. The van der Waals surface area contributed by atoms with Crippen LogP contribution in [0.1, 0.15) is 5.76 Å². The third kappa shape index (κ3) is 5.29. The minimum absolute atomic E-state index is 0.197. The molecule has 0 aliphatic rings. The van der Waals surface area contributed by atoms with Gasteiger partial charge in [-0.2, -0.15) is 0 Å². The largest absolute Gasteiger partial charge is 0.497 e. The van der Waals surface area contributed by atoms with Crippen LogP contribution in [-0.2, 0) is 4.79 Å². The van der Waals surface area contributed by atoms with Crippen LogP contribution in [0.15, 0.2) is 77.2 Å². The van der Waals surface area contributed by atoms with E-state index in [1.54, 1.807) is 25.3 Å². The number of benzene rings is 2. The van der Waals surface area contributed by atoms with Crippen LogP contribution in [0.4, 0.5) is 5.69 Å². The van der Waals surface area contributed by atoms with Gasteiger partial charge in [-0.25, -0.2) is 0 Å². The molecule has 3 rings (SSSR count). The Kier molecular flexibility index (Phi) is 6.02. The molecule has 0 fully saturated rings. The number of carbonyl (C=O) groups excluding carboxylic acids is 1. The van der Waals surface area contributed by atoms with Gasteiger partial charge in [0, 0.05) is 23.4 Å². The third-order valence-electron chi connectivity index (χ3n) is 3.65. The molecule has 0 saturated heterocycles. The first-order valence-electron chi connectivity index (χ1n) is 8.23. The third-order valence-corrected chi connectivity index (χ3v) is 3.85. The molecule has 0 saturated carbocycles. The fraction of sp³-hybridized carbons (Fsp3) is 0.0476. The highest BCUT2D eigenvalue weighted by atomic mass is 32.1. The summed E-state index contributed by atoms with van der Waals surface area (Å²) in [5.74, 6) is 1.66. The van der Waals surface area contributed by atoms with Gasteiger partial charge in [0.2, 0.25) is 5.91 Å². The molecule has 0 bridgehead atoms. The fourth-order valence-electron chi connectivity index (χ4n) is 2.37. The van der Waals surface area contributed by atoms with E-state index < -0.39 is 0 Å². The smallest absolute Gasteiger partial charge is 0.250 e. The number of nitrogens with one attached hydrogen (secondary N) is 2. The summed E-state index contributed by atoms with van der Waals surface area (Å²) in [6.07, 6.45) is 2.96. The van der Waals surface area contributed by atoms with Crippen molar-refractivity contribution in [2.75, 3.05) is 12.4 Å². The number of thiocarbonyl (C=S) groups is 1. The van der Waals surface area contributed by atoms with E-state index in [0.29, 0.717) is 11.5 Å². The highest BCUT2D eigenvalue weighted by molar-refractivity contribution is 7.80. The Morgan fingerprint density at radius 2 is 1.89 bits per heavy atom. The van der Waals surface area contributed by atoms with Gasteiger partial charge < -0.3 is 14.5 Å². The van der Waals surface area contributed by atoms with E-state index in [0.717, 1.165) is 17.0 Å². The first kappa shape index (κ1) is 18.4. The van der Waals surface area contributed by atoms with Crippen LogP contribution in [0, 0.1) is 0 Å². The lowest BCUT2D eigenvalue weighted by atomic mass is 10.2. The number of carbonyl (C=O) groups is 1. The highest BCUT2D eigenvalue weighted by Crippen LogP contribution is 2.22. The Bertz CT molecular complexity index is 964. The lowest BCUT2D eigenvalue weighted by molar-refractivity contribution is -0.115. The number of hydrogen-bond donors (Lipinski definition) is 2. The number of hydrogen-bond acceptors (Lipinski definition) is 4. The molecule has 0 unspecified atom stereocenters. The van der Waals surface area contributed by atoms with Crippen molar-refractivity contribution in [3.05, 3.63) is 78.6 Å². The van der Waals surface area contributed by atoms with Crippen molar-refractivity contribution in [1.29, 1.82) is 0 Å². The number of furan rings is 1. The molecule has 1 amide bonds. The summed E-state index contributed by atoms with van der Waals surface area (Å²) in [7, 11) is 1.59. The maximum absolute atomic E-state index is 12.0.